The average Bonchev–Trinajstić information content (AvgIpc) is 2.44. The van der Waals surface area contributed by atoms with Crippen LogP contribution in [0.5, 0.6) is 11.5 Å². The fourth-order valence-corrected chi connectivity index (χ4v) is 2.16. The summed E-state index contributed by atoms with van der Waals surface area (Å²) in [5.74, 6) is -1.58. The van der Waals surface area contributed by atoms with Gasteiger partial charge in [-0.3, -0.25) is 4.79 Å². The minimum atomic E-state index is -0.668. The van der Waals surface area contributed by atoms with Gasteiger partial charge in [0.25, 0.3) is 5.91 Å². The smallest absolute Gasteiger partial charge is 0.255 e. The second-order valence-corrected chi connectivity index (χ2v) is 4.93. The fraction of sp³-hybridized carbons (Fsp3) is 0.0714. The molecule has 0 fully saturated rings. The Kier molecular flexibility index (Phi) is 4.55. The molecule has 0 radical (unpaired) electrons. The van der Waals surface area contributed by atoms with Crippen LogP contribution in [0.2, 0.25) is 10.0 Å². The zero-order valence-corrected chi connectivity index (χ0v) is 12.3. The number of rotatable bonds is 3. The van der Waals surface area contributed by atoms with Crippen molar-refractivity contribution in [1.82, 2.24) is 0 Å². The molecule has 0 atom stereocenters. The normalized spacial score (nSPS) is 10.3. The number of hydrogen-bond donors (Lipinski definition) is 2. The summed E-state index contributed by atoms with van der Waals surface area (Å²) in [4.78, 5) is 12.0. The van der Waals surface area contributed by atoms with Crippen molar-refractivity contribution < 1.29 is 19.0 Å². The van der Waals surface area contributed by atoms with E-state index in [0.717, 1.165) is 6.07 Å². The molecule has 0 saturated heterocycles. The maximum absolute atomic E-state index is 13.6. The second-order valence-electron chi connectivity index (χ2n) is 4.09. The van der Waals surface area contributed by atoms with Gasteiger partial charge in [0, 0.05) is 10.6 Å². The monoisotopic (exact) mass is 329 g/mol. The maximum Gasteiger partial charge on any atom is 0.255 e. The second kappa shape index (κ2) is 6.20. The molecule has 0 spiro atoms. The molecule has 0 bridgehead atoms. The standard InChI is InChI=1S/C14H10Cl2FNO3/c1-21-12-3-2-7(4-10(12)17)14(20)18-11-6-8(15)5-9(16)13(11)19/h2-6,19H,1H3,(H,18,20). The van der Waals surface area contributed by atoms with Crippen LogP contribution in [-0.2, 0) is 0 Å². The van der Waals surface area contributed by atoms with E-state index in [1.165, 1.54) is 31.4 Å². The van der Waals surface area contributed by atoms with E-state index in [4.69, 9.17) is 27.9 Å². The van der Waals surface area contributed by atoms with E-state index in [1.807, 2.05) is 0 Å². The highest BCUT2D eigenvalue weighted by atomic mass is 35.5. The number of ether oxygens (including phenoxy) is 1. The Labute approximate surface area is 130 Å². The molecule has 0 aliphatic rings. The fourth-order valence-electron chi connectivity index (χ4n) is 1.66. The van der Waals surface area contributed by atoms with Crippen molar-refractivity contribution in [3.63, 3.8) is 0 Å². The largest absolute Gasteiger partial charge is 0.504 e. The summed E-state index contributed by atoms with van der Waals surface area (Å²) >= 11 is 11.5. The van der Waals surface area contributed by atoms with Crippen LogP contribution in [0.25, 0.3) is 0 Å². The van der Waals surface area contributed by atoms with Crippen molar-refractivity contribution in [3.8, 4) is 11.5 Å². The van der Waals surface area contributed by atoms with Crippen molar-refractivity contribution in [1.29, 1.82) is 0 Å². The van der Waals surface area contributed by atoms with Crippen molar-refractivity contribution >= 4 is 34.8 Å². The third-order valence-corrected chi connectivity index (χ3v) is 3.20. The lowest BCUT2D eigenvalue weighted by Gasteiger charge is -2.10. The zero-order valence-electron chi connectivity index (χ0n) is 10.8. The van der Waals surface area contributed by atoms with Crippen LogP contribution < -0.4 is 10.1 Å². The number of nitrogens with one attached hydrogen (secondary N) is 1. The van der Waals surface area contributed by atoms with Gasteiger partial charge in [-0.25, -0.2) is 4.39 Å². The first kappa shape index (κ1) is 15.4. The van der Waals surface area contributed by atoms with Gasteiger partial charge in [-0.05, 0) is 30.3 Å². The molecule has 0 unspecified atom stereocenters. The quantitative estimate of drug-likeness (QED) is 0.833. The third-order valence-electron chi connectivity index (χ3n) is 2.69. The Balaban J connectivity index is 2.28. The summed E-state index contributed by atoms with van der Waals surface area (Å²) in [6.45, 7) is 0. The lowest BCUT2D eigenvalue weighted by molar-refractivity contribution is 0.102. The van der Waals surface area contributed by atoms with E-state index < -0.39 is 11.7 Å². The number of hydrogen-bond acceptors (Lipinski definition) is 3. The van der Waals surface area contributed by atoms with Crippen LogP contribution in [0.1, 0.15) is 10.4 Å². The highest BCUT2D eigenvalue weighted by Gasteiger charge is 2.14. The molecule has 21 heavy (non-hydrogen) atoms. The summed E-state index contributed by atoms with van der Waals surface area (Å²) in [6.07, 6.45) is 0. The van der Waals surface area contributed by atoms with Crippen LogP contribution in [0.3, 0.4) is 0 Å². The number of amides is 1. The van der Waals surface area contributed by atoms with E-state index in [-0.39, 0.29) is 32.8 Å². The summed E-state index contributed by atoms with van der Waals surface area (Å²) in [6, 6.07) is 6.41. The predicted octanol–water partition coefficient (Wildman–Crippen LogP) is 4.10. The Bertz CT molecular complexity index is 707. The van der Waals surface area contributed by atoms with Crippen LogP contribution in [0, 0.1) is 5.82 Å². The molecule has 0 saturated carbocycles. The molecule has 2 aromatic rings. The van der Waals surface area contributed by atoms with Crippen LogP contribution in [0.4, 0.5) is 10.1 Å². The molecule has 4 nitrogen and oxygen atoms in total. The minimum absolute atomic E-state index is 0.00119. The SMILES string of the molecule is COc1ccc(C(=O)Nc2cc(Cl)cc(Cl)c2O)cc1F. The molecule has 2 N–H and O–H groups in total. The molecule has 7 heteroatoms. The number of aromatic hydroxyl groups is 1. The van der Waals surface area contributed by atoms with Gasteiger partial charge in [0.1, 0.15) is 0 Å². The van der Waals surface area contributed by atoms with Crippen molar-refractivity contribution in [3.05, 3.63) is 51.8 Å². The van der Waals surface area contributed by atoms with Crippen molar-refractivity contribution in [2.45, 2.75) is 0 Å². The van der Waals surface area contributed by atoms with Gasteiger partial charge in [0.05, 0.1) is 17.8 Å². The molecule has 0 heterocycles. The van der Waals surface area contributed by atoms with E-state index >= 15 is 0 Å². The van der Waals surface area contributed by atoms with Crippen LogP contribution in [0.15, 0.2) is 30.3 Å². The summed E-state index contributed by atoms with van der Waals surface area (Å²) in [5.41, 5.74) is 0.0949. The van der Waals surface area contributed by atoms with Gasteiger partial charge in [-0.2, -0.15) is 0 Å². The molecule has 2 aromatic carbocycles. The molecule has 110 valence electrons. The molecule has 0 aromatic heterocycles. The molecule has 0 aliphatic heterocycles. The lowest BCUT2D eigenvalue weighted by Crippen LogP contribution is -2.12. The maximum atomic E-state index is 13.6. The number of halogens is 3. The van der Waals surface area contributed by atoms with Crippen LogP contribution >= 0.6 is 23.2 Å². The van der Waals surface area contributed by atoms with Gasteiger partial charge in [-0.1, -0.05) is 23.2 Å². The van der Waals surface area contributed by atoms with E-state index in [0.29, 0.717) is 0 Å². The Morgan fingerprint density at radius 1 is 1.29 bits per heavy atom. The topological polar surface area (TPSA) is 58.6 Å². The van der Waals surface area contributed by atoms with Gasteiger partial charge in [0.15, 0.2) is 17.3 Å². The first-order valence-electron chi connectivity index (χ1n) is 5.75. The zero-order chi connectivity index (χ0) is 15.6. The third kappa shape index (κ3) is 3.37. The molecular formula is C14H10Cl2FNO3. The highest BCUT2D eigenvalue weighted by molar-refractivity contribution is 6.36. The van der Waals surface area contributed by atoms with Crippen molar-refractivity contribution in [2.75, 3.05) is 12.4 Å². The average molecular weight is 330 g/mol. The molecule has 0 aliphatic carbocycles. The number of benzene rings is 2. The lowest BCUT2D eigenvalue weighted by atomic mass is 10.2. The van der Waals surface area contributed by atoms with E-state index in [1.54, 1.807) is 0 Å². The number of carbonyl (C=O) groups is 1. The Hall–Kier alpha value is -1.98. The number of anilines is 1. The highest BCUT2D eigenvalue weighted by Crippen LogP contribution is 2.35. The minimum Gasteiger partial charge on any atom is -0.504 e. The van der Waals surface area contributed by atoms with E-state index in [9.17, 15) is 14.3 Å². The molecular weight excluding hydrogens is 320 g/mol. The van der Waals surface area contributed by atoms with E-state index in [2.05, 4.69) is 5.32 Å². The Morgan fingerprint density at radius 3 is 2.62 bits per heavy atom. The first-order chi connectivity index (χ1) is 9.92. The number of carbonyl (C=O) groups excluding carboxylic acids is 1. The summed E-state index contributed by atoms with van der Waals surface area (Å²) < 4.78 is 18.3. The summed E-state index contributed by atoms with van der Waals surface area (Å²) in [7, 11) is 1.32. The first-order valence-corrected chi connectivity index (χ1v) is 6.51. The number of methoxy groups -OCH3 is 1. The molecule has 2 rings (SSSR count). The van der Waals surface area contributed by atoms with Gasteiger partial charge in [0.2, 0.25) is 0 Å². The number of phenolic OH excluding ortho intramolecular Hbond substituents is 1. The van der Waals surface area contributed by atoms with Gasteiger partial charge in [-0.15, -0.1) is 0 Å². The van der Waals surface area contributed by atoms with Crippen molar-refractivity contribution in [2.24, 2.45) is 0 Å². The number of phenols is 1. The van der Waals surface area contributed by atoms with Gasteiger partial charge >= 0.3 is 0 Å². The summed E-state index contributed by atoms with van der Waals surface area (Å²) in [5, 5.41) is 12.4. The van der Waals surface area contributed by atoms with Crippen LogP contribution in [-0.4, -0.2) is 18.1 Å². The predicted molar refractivity (Wildman–Crippen MR) is 79.0 cm³/mol. The molecule has 1 amide bonds. The van der Waals surface area contributed by atoms with Gasteiger partial charge < -0.3 is 15.2 Å². The Morgan fingerprint density at radius 2 is 2.00 bits per heavy atom.